The molecule has 0 radical (unpaired) electrons. The van der Waals surface area contributed by atoms with Crippen LogP contribution >= 0.6 is 0 Å². The number of carbonyl (C=O) groups is 2. The van der Waals surface area contributed by atoms with E-state index < -0.39 is 5.82 Å². The van der Waals surface area contributed by atoms with Crippen molar-refractivity contribution in [2.45, 2.75) is 26.4 Å². The maximum atomic E-state index is 14.3. The number of benzene rings is 2. The van der Waals surface area contributed by atoms with E-state index in [0.717, 1.165) is 6.42 Å². The van der Waals surface area contributed by atoms with Gasteiger partial charge >= 0.3 is 5.97 Å². The summed E-state index contributed by atoms with van der Waals surface area (Å²) in [5, 5.41) is 0. The summed E-state index contributed by atoms with van der Waals surface area (Å²) in [5.41, 5.74) is 1.23. The molecule has 1 saturated carbocycles. The molecule has 2 unspecified atom stereocenters. The predicted molar refractivity (Wildman–Crippen MR) is 102 cm³/mol. The molecule has 0 aromatic heterocycles. The number of hydrogen-bond donors (Lipinski definition) is 0. The van der Waals surface area contributed by atoms with Gasteiger partial charge in [-0.1, -0.05) is 6.07 Å². The number of ether oxygens (including phenoxy) is 3. The van der Waals surface area contributed by atoms with E-state index in [9.17, 15) is 14.0 Å². The summed E-state index contributed by atoms with van der Waals surface area (Å²) < 4.78 is 30.4. The molecule has 0 saturated heterocycles. The van der Waals surface area contributed by atoms with Gasteiger partial charge in [0.2, 0.25) is 0 Å². The van der Waals surface area contributed by atoms with E-state index >= 15 is 0 Å². The summed E-state index contributed by atoms with van der Waals surface area (Å²) in [4.78, 5) is 23.0. The first-order valence-corrected chi connectivity index (χ1v) is 9.19. The Morgan fingerprint density at radius 2 is 2.04 bits per heavy atom. The topological polar surface area (TPSA) is 61.8 Å². The minimum absolute atomic E-state index is 0.0316. The summed E-state index contributed by atoms with van der Waals surface area (Å²) in [6.45, 7) is 4.11. The summed E-state index contributed by atoms with van der Waals surface area (Å²) in [5.74, 6) is 0.279. The van der Waals surface area contributed by atoms with Crippen molar-refractivity contribution < 1.29 is 28.2 Å². The van der Waals surface area contributed by atoms with Crippen LogP contribution in [0.4, 0.5) is 4.39 Å². The first-order valence-electron chi connectivity index (χ1n) is 9.19. The van der Waals surface area contributed by atoms with Crippen molar-refractivity contribution in [3.05, 3.63) is 47.8 Å². The zero-order valence-electron chi connectivity index (χ0n) is 16.1. The molecular weight excluding hydrogens is 363 g/mol. The smallest absolute Gasteiger partial charge is 0.309 e. The number of esters is 1. The standard InChI is InChI=1S/C22H23FO5/c1-13(2)28-17-5-6-20(23)18(10-17)14-4-7-21(15(8-14)11-24)27-12-16-9-19(16)22(25)26-3/h4-8,10-11,13,16,19H,9,12H2,1-3H3. The molecule has 0 N–H and O–H groups in total. The van der Waals surface area contributed by atoms with Crippen LogP contribution < -0.4 is 9.47 Å². The molecule has 3 rings (SSSR count). The third-order valence-corrected chi connectivity index (χ3v) is 4.64. The van der Waals surface area contributed by atoms with Gasteiger partial charge < -0.3 is 14.2 Å². The van der Waals surface area contributed by atoms with Gasteiger partial charge in [-0.05, 0) is 56.2 Å². The molecule has 2 atom stereocenters. The maximum Gasteiger partial charge on any atom is 0.309 e. The first-order chi connectivity index (χ1) is 13.4. The van der Waals surface area contributed by atoms with E-state index in [1.807, 2.05) is 13.8 Å². The lowest BCUT2D eigenvalue weighted by atomic mass is 10.0. The fourth-order valence-electron chi connectivity index (χ4n) is 3.08. The van der Waals surface area contributed by atoms with Gasteiger partial charge in [0.05, 0.1) is 31.3 Å². The van der Waals surface area contributed by atoms with Gasteiger partial charge in [0, 0.05) is 11.5 Å². The summed E-state index contributed by atoms with van der Waals surface area (Å²) in [6.07, 6.45) is 1.36. The Labute approximate surface area is 163 Å². The van der Waals surface area contributed by atoms with Gasteiger partial charge in [0.15, 0.2) is 6.29 Å². The van der Waals surface area contributed by atoms with Crippen molar-refractivity contribution in [3.8, 4) is 22.6 Å². The highest BCUT2D eigenvalue weighted by molar-refractivity contribution is 5.83. The van der Waals surface area contributed by atoms with Crippen LogP contribution in [0.15, 0.2) is 36.4 Å². The fraction of sp³-hybridized carbons (Fsp3) is 0.364. The Morgan fingerprint density at radius 1 is 1.25 bits per heavy atom. The Kier molecular flexibility index (Phi) is 5.97. The zero-order valence-corrected chi connectivity index (χ0v) is 16.1. The molecule has 0 amide bonds. The number of halogens is 1. The molecule has 1 aliphatic carbocycles. The molecule has 28 heavy (non-hydrogen) atoms. The van der Waals surface area contributed by atoms with E-state index in [1.165, 1.54) is 13.2 Å². The van der Waals surface area contributed by atoms with Crippen molar-refractivity contribution in [2.24, 2.45) is 11.8 Å². The minimum atomic E-state index is -0.402. The fourth-order valence-corrected chi connectivity index (χ4v) is 3.08. The number of hydrogen-bond acceptors (Lipinski definition) is 5. The van der Waals surface area contributed by atoms with E-state index in [-0.39, 0.29) is 23.9 Å². The van der Waals surface area contributed by atoms with E-state index in [2.05, 4.69) is 0 Å². The van der Waals surface area contributed by atoms with Crippen LogP contribution in [0.25, 0.3) is 11.1 Å². The molecule has 5 nitrogen and oxygen atoms in total. The molecule has 0 aliphatic heterocycles. The highest BCUT2D eigenvalue weighted by Gasteiger charge is 2.44. The number of rotatable bonds is 8. The van der Waals surface area contributed by atoms with E-state index in [0.29, 0.717) is 41.1 Å². The van der Waals surface area contributed by atoms with Gasteiger partial charge in [-0.2, -0.15) is 0 Å². The molecule has 0 bridgehead atoms. The molecule has 1 aliphatic rings. The van der Waals surface area contributed by atoms with Gasteiger partial charge in [0.1, 0.15) is 17.3 Å². The average Bonchev–Trinajstić information content (AvgIpc) is 3.46. The van der Waals surface area contributed by atoms with Gasteiger partial charge in [0.25, 0.3) is 0 Å². The summed E-state index contributed by atoms with van der Waals surface area (Å²) >= 11 is 0. The number of methoxy groups -OCH3 is 1. The van der Waals surface area contributed by atoms with Gasteiger partial charge in [-0.15, -0.1) is 0 Å². The number of carbonyl (C=O) groups excluding carboxylic acids is 2. The molecular formula is C22H23FO5. The molecule has 148 valence electrons. The Morgan fingerprint density at radius 3 is 2.71 bits per heavy atom. The number of aldehydes is 1. The lowest BCUT2D eigenvalue weighted by Crippen LogP contribution is -2.09. The third-order valence-electron chi connectivity index (χ3n) is 4.64. The van der Waals surface area contributed by atoms with Crippen molar-refractivity contribution in [1.82, 2.24) is 0 Å². The van der Waals surface area contributed by atoms with Crippen LogP contribution in [0.3, 0.4) is 0 Å². The SMILES string of the molecule is COC(=O)C1CC1COc1ccc(-c2cc(OC(C)C)ccc2F)cc1C=O. The Hall–Kier alpha value is -2.89. The van der Waals surface area contributed by atoms with Crippen LogP contribution in [0.5, 0.6) is 11.5 Å². The van der Waals surface area contributed by atoms with Gasteiger partial charge in [-0.25, -0.2) is 4.39 Å². The highest BCUT2D eigenvalue weighted by atomic mass is 19.1. The van der Waals surface area contributed by atoms with Crippen molar-refractivity contribution in [2.75, 3.05) is 13.7 Å². The largest absolute Gasteiger partial charge is 0.493 e. The van der Waals surface area contributed by atoms with Crippen LogP contribution in [-0.2, 0) is 9.53 Å². The summed E-state index contributed by atoms with van der Waals surface area (Å²) in [6, 6.07) is 9.46. The lowest BCUT2D eigenvalue weighted by molar-refractivity contribution is -0.142. The van der Waals surface area contributed by atoms with Crippen molar-refractivity contribution >= 4 is 12.3 Å². The van der Waals surface area contributed by atoms with E-state index in [1.54, 1.807) is 30.3 Å². The third kappa shape index (κ3) is 4.50. The van der Waals surface area contributed by atoms with Crippen LogP contribution in [0, 0.1) is 17.7 Å². The lowest BCUT2D eigenvalue weighted by Gasteiger charge is -2.13. The van der Waals surface area contributed by atoms with Crippen LogP contribution in [0.2, 0.25) is 0 Å². The Balaban J connectivity index is 1.76. The maximum absolute atomic E-state index is 14.3. The molecule has 2 aromatic rings. The second-order valence-electron chi connectivity index (χ2n) is 7.12. The van der Waals surface area contributed by atoms with E-state index in [4.69, 9.17) is 14.2 Å². The predicted octanol–water partition coefficient (Wildman–Crippen LogP) is 4.28. The second kappa shape index (κ2) is 8.42. The normalized spacial score (nSPS) is 17.9. The molecule has 0 heterocycles. The first kappa shape index (κ1) is 19.9. The second-order valence-corrected chi connectivity index (χ2v) is 7.12. The average molecular weight is 386 g/mol. The van der Waals surface area contributed by atoms with Crippen molar-refractivity contribution in [1.29, 1.82) is 0 Å². The van der Waals surface area contributed by atoms with Gasteiger partial charge in [-0.3, -0.25) is 9.59 Å². The van der Waals surface area contributed by atoms with Crippen molar-refractivity contribution in [3.63, 3.8) is 0 Å². The highest BCUT2D eigenvalue weighted by Crippen LogP contribution is 2.40. The Bertz CT molecular complexity index is 877. The van der Waals surface area contributed by atoms with Crippen LogP contribution in [-0.4, -0.2) is 32.1 Å². The van der Waals surface area contributed by atoms with Crippen LogP contribution in [0.1, 0.15) is 30.6 Å². The monoisotopic (exact) mass is 386 g/mol. The minimum Gasteiger partial charge on any atom is -0.493 e. The molecule has 1 fully saturated rings. The molecule has 6 heteroatoms. The zero-order chi connectivity index (χ0) is 20.3. The summed E-state index contributed by atoms with van der Waals surface area (Å²) in [7, 11) is 1.36. The quantitative estimate of drug-likeness (QED) is 0.501. The molecule has 0 spiro atoms. The molecule has 2 aromatic carbocycles.